The Kier molecular flexibility index (Phi) is 13.8. The summed E-state index contributed by atoms with van der Waals surface area (Å²) < 4.78 is 0. The summed E-state index contributed by atoms with van der Waals surface area (Å²) in [6.45, 7) is 2.29. The van der Waals surface area contributed by atoms with E-state index in [1.165, 1.54) is 107 Å². The third-order valence-electron chi connectivity index (χ3n) is 5.60. The molecular formula is C25H44N2. The Morgan fingerprint density at radius 3 is 1.67 bits per heavy atom. The number of anilines is 1. The topological polar surface area (TPSA) is 27.1 Å². The van der Waals surface area contributed by atoms with Crippen LogP contribution < -0.4 is 4.90 Å². The first kappa shape index (κ1) is 23.7. The van der Waals surface area contributed by atoms with Crippen LogP contribution in [0.3, 0.4) is 0 Å². The highest BCUT2D eigenvalue weighted by Gasteiger charge is 2.04. The van der Waals surface area contributed by atoms with Gasteiger partial charge in [-0.2, -0.15) is 0 Å². The molecule has 0 saturated heterocycles. The Hall–Kier alpha value is -1.31. The van der Waals surface area contributed by atoms with E-state index in [1.807, 2.05) is 0 Å². The van der Waals surface area contributed by atoms with Gasteiger partial charge in [-0.15, -0.1) is 0 Å². The normalized spacial score (nSPS) is 10.9. The standard InChI is InChI=1S/C25H44N2/c1-4-5-6-7-8-9-10-11-12-13-14-15-16-17-18-23-21-25(27(2)3)20-19-24(23)22-26/h19-22,26H,4-18H2,1-3H3. The molecule has 0 aliphatic heterocycles. The Labute approximate surface area is 169 Å². The van der Waals surface area contributed by atoms with Crippen molar-refractivity contribution in [1.82, 2.24) is 0 Å². The van der Waals surface area contributed by atoms with E-state index < -0.39 is 0 Å². The molecule has 0 aromatic heterocycles. The number of benzene rings is 1. The van der Waals surface area contributed by atoms with Gasteiger partial charge >= 0.3 is 0 Å². The molecule has 0 bridgehead atoms. The van der Waals surface area contributed by atoms with Gasteiger partial charge in [-0.1, -0.05) is 96.5 Å². The first-order valence-electron chi connectivity index (χ1n) is 11.5. The number of nitrogens with one attached hydrogen (secondary N) is 1. The minimum Gasteiger partial charge on any atom is -0.378 e. The van der Waals surface area contributed by atoms with Crippen molar-refractivity contribution >= 4 is 11.9 Å². The highest BCUT2D eigenvalue weighted by Crippen LogP contribution is 2.20. The number of hydrogen-bond donors (Lipinski definition) is 1. The highest BCUT2D eigenvalue weighted by atomic mass is 15.1. The third kappa shape index (κ3) is 11.2. The minimum atomic E-state index is 1.08. The van der Waals surface area contributed by atoms with Gasteiger partial charge in [-0.25, -0.2) is 0 Å². The smallest absolute Gasteiger partial charge is 0.0364 e. The second-order valence-corrected chi connectivity index (χ2v) is 8.27. The second-order valence-electron chi connectivity index (χ2n) is 8.27. The van der Waals surface area contributed by atoms with Crippen LogP contribution in [0.15, 0.2) is 18.2 Å². The molecule has 0 amide bonds. The number of aryl methyl sites for hydroxylation is 1. The van der Waals surface area contributed by atoms with Crippen molar-refractivity contribution in [3.63, 3.8) is 0 Å². The molecule has 0 atom stereocenters. The van der Waals surface area contributed by atoms with Crippen LogP contribution in [0, 0.1) is 5.41 Å². The van der Waals surface area contributed by atoms with Crippen LogP contribution in [0.1, 0.15) is 108 Å². The molecule has 1 rings (SSSR count). The van der Waals surface area contributed by atoms with E-state index in [9.17, 15) is 0 Å². The van der Waals surface area contributed by atoms with Crippen LogP contribution in [0.2, 0.25) is 0 Å². The summed E-state index contributed by atoms with van der Waals surface area (Å²) in [6, 6.07) is 6.44. The van der Waals surface area contributed by atoms with Crippen LogP contribution >= 0.6 is 0 Å². The van der Waals surface area contributed by atoms with Crippen molar-refractivity contribution in [3.05, 3.63) is 29.3 Å². The number of hydrogen-bond acceptors (Lipinski definition) is 2. The molecular weight excluding hydrogens is 328 g/mol. The molecule has 1 N–H and O–H groups in total. The second kappa shape index (κ2) is 15.7. The van der Waals surface area contributed by atoms with Crippen LogP contribution in [0.25, 0.3) is 0 Å². The van der Waals surface area contributed by atoms with Gasteiger partial charge in [0.25, 0.3) is 0 Å². The molecule has 0 fully saturated rings. The maximum absolute atomic E-state index is 7.61. The average molecular weight is 373 g/mol. The van der Waals surface area contributed by atoms with Gasteiger partial charge in [0.05, 0.1) is 0 Å². The van der Waals surface area contributed by atoms with Gasteiger partial charge in [0.2, 0.25) is 0 Å². The van der Waals surface area contributed by atoms with E-state index in [-0.39, 0.29) is 0 Å². The van der Waals surface area contributed by atoms with Crippen LogP contribution in [0.4, 0.5) is 5.69 Å². The van der Waals surface area contributed by atoms with E-state index in [2.05, 4.69) is 44.1 Å². The lowest BCUT2D eigenvalue weighted by molar-refractivity contribution is 0.535. The fourth-order valence-corrected chi connectivity index (χ4v) is 3.74. The first-order chi connectivity index (χ1) is 13.2. The van der Waals surface area contributed by atoms with Gasteiger partial charge in [-0.3, -0.25) is 0 Å². The summed E-state index contributed by atoms with van der Waals surface area (Å²) in [7, 11) is 4.16. The SMILES string of the molecule is CCCCCCCCCCCCCCCCc1cc(N(C)C)ccc1C=N. The van der Waals surface area contributed by atoms with E-state index in [4.69, 9.17) is 5.41 Å². The van der Waals surface area contributed by atoms with Crippen LogP contribution in [-0.4, -0.2) is 20.3 Å². The zero-order valence-electron chi connectivity index (χ0n) is 18.4. The van der Waals surface area contributed by atoms with Crippen molar-refractivity contribution in [2.24, 2.45) is 0 Å². The Bertz CT molecular complexity index is 493. The zero-order valence-corrected chi connectivity index (χ0v) is 18.4. The van der Waals surface area contributed by atoms with Crippen molar-refractivity contribution in [3.8, 4) is 0 Å². The summed E-state index contributed by atoms with van der Waals surface area (Å²) in [5.74, 6) is 0. The van der Waals surface area contributed by atoms with E-state index >= 15 is 0 Å². The molecule has 1 aromatic rings. The Balaban J connectivity index is 2.01. The lowest BCUT2D eigenvalue weighted by atomic mass is 9.99. The zero-order chi connectivity index (χ0) is 19.7. The molecule has 154 valence electrons. The predicted molar refractivity (Wildman–Crippen MR) is 123 cm³/mol. The minimum absolute atomic E-state index is 1.08. The molecule has 27 heavy (non-hydrogen) atoms. The molecule has 0 saturated carbocycles. The molecule has 2 heteroatoms. The molecule has 0 aliphatic rings. The Morgan fingerprint density at radius 2 is 1.22 bits per heavy atom. The van der Waals surface area contributed by atoms with Gasteiger partial charge < -0.3 is 10.3 Å². The van der Waals surface area contributed by atoms with Crippen molar-refractivity contribution in [1.29, 1.82) is 5.41 Å². The van der Waals surface area contributed by atoms with Crippen molar-refractivity contribution in [2.75, 3.05) is 19.0 Å². The maximum atomic E-state index is 7.61. The third-order valence-corrected chi connectivity index (χ3v) is 5.60. The molecule has 1 aromatic carbocycles. The van der Waals surface area contributed by atoms with Crippen LogP contribution in [0.5, 0.6) is 0 Å². The Morgan fingerprint density at radius 1 is 0.741 bits per heavy atom. The number of unbranched alkanes of at least 4 members (excludes halogenated alkanes) is 13. The van der Waals surface area contributed by atoms with E-state index in [0.717, 1.165) is 12.0 Å². The number of rotatable bonds is 17. The maximum Gasteiger partial charge on any atom is 0.0364 e. The summed E-state index contributed by atoms with van der Waals surface area (Å²) in [5.41, 5.74) is 3.64. The summed E-state index contributed by atoms with van der Waals surface area (Å²) >= 11 is 0. The fourth-order valence-electron chi connectivity index (χ4n) is 3.74. The van der Waals surface area contributed by atoms with E-state index in [1.54, 1.807) is 0 Å². The van der Waals surface area contributed by atoms with Gasteiger partial charge in [0.15, 0.2) is 0 Å². The summed E-state index contributed by atoms with van der Waals surface area (Å²) in [6.07, 6.45) is 22.2. The summed E-state index contributed by atoms with van der Waals surface area (Å²) in [4.78, 5) is 2.14. The molecule has 0 aliphatic carbocycles. The lowest BCUT2D eigenvalue weighted by Crippen LogP contribution is -2.09. The van der Waals surface area contributed by atoms with Crippen molar-refractivity contribution < 1.29 is 0 Å². The largest absolute Gasteiger partial charge is 0.378 e. The lowest BCUT2D eigenvalue weighted by Gasteiger charge is -2.15. The molecule has 0 spiro atoms. The van der Waals surface area contributed by atoms with Gasteiger partial charge in [0.1, 0.15) is 0 Å². The first-order valence-corrected chi connectivity index (χ1v) is 11.5. The van der Waals surface area contributed by atoms with Crippen molar-refractivity contribution in [2.45, 2.75) is 103 Å². The fraction of sp³-hybridized carbons (Fsp3) is 0.720. The molecule has 0 heterocycles. The monoisotopic (exact) mass is 372 g/mol. The predicted octanol–water partition coefficient (Wildman–Crippen LogP) is 7.77. The number of nitrogens with zero attached hydrogens (tertiary/aromatic N) is 1. The quantitative estimate of drug-likeness (QED) is 0.219. The molecule has 0 unspecified atom stereocenters. The van der Waals surface area contributed by atoms with Gasteiger partial charge in [-0.05, 0) is 36.1 Å². The van der Waals surface area contributed by atoms with E-state index in [0.29, 0.717) is 0 Å². The summed E-state index contributed by atoms with van der Waals surface area (Å²) in [5, 5.41) is 7.61. The highest BCUT2D eigenvalue weighted by molar-refractivity contribution is 5.80. The van der Waals surface area contributed by atoms with Gasteiger partial charge in [0, 0.05) is 26.0 Å². The molecule has 0 radical (unpaired) electrons. The average Bonchev–Trinajstić information content (AvgIpc) is 2.68. The van der Waals surface area contributed by atoms with Crippen LogP contribution in [-0.2, 0) is 6.42 Å². The molecule has 2 nitrogen and oxygen atoms in total.